The maximum absolute atomic E-state index is 10.8. The van der Waals surface area contributed by atoms with Gasteiger partial charge in [-0.25, -0.2) is 0 Å². The van der Waals surface area contributed by atoms with Crippen LogP contribution in [-0.4, -0.2) is 29.2 Å². The summed E-state index contributed by atoms with van der Waals surface area (Å²) >= 11 is 0. The number of nitrogens with one attached hydrogen (secondary N) is 1. The molecule has 0 radical (unpaired) electrons. The molecule has 2 heterocycles. The summed E-state index contributed by atoms with van der Waals surface area (Å²) in [6.45, 7) is 0. The molecule has 4 nitrogen and oxygen atoms in total. The molecule has 2 saturated heterocycles. The van der Waals surface area contributed by atoms with Crippen molar-refractivity contribution in [3.05, 3.63) is 0 Å². The molecule has 0 saturated carbocycles. The van der Waals surface area contributed by atoms with Gasteiger partial charge in [-0.05, 0) is 19.3 Å². The van der Waals surface area contributed by atoms with Crippen LogP contribution in [0, 0.1) is 5.92 Å². The Morgan fingerprint density at radius 3 is 2.92 bits per heavy atom. The van der Waals surface area contributed by atoms with E-state index in [-0.39, 0.29) is 18.0 Å². The van der Waals surface area contributed by atoms with Gasteiger partial charge in [-0.2, -0.15) is 0 Å². The molecule has 68 valence electrons. The first-order valence-corrected chi connectivity index (χ1v) is 4.43. The van der Waals surface area contributed by atoms with Gasteiger partial charge in [0.05, 0.1) is 5.92 Å². The lowest BCUT2D eigenvalue weighted by molar-refractivity contribution is -0.144. The molecular weight excluding hydrogens is 156 g/mol. The Kier molecular flexibility index (Phi) is 1.81. The standard InChI is InChI=1S/C8H14N2O2/c9-5-3-4-1-2-6(10-4)7(5)8(11)12/h4-7,10H,1-3,9H2,(H,11,12). The van der Waals surface area contributed by atoms with Gasteiger partial charge in [0.1, 0.15) is 0 Å². The van der Waals surface area contributed by atoms with E-state index < -0.39 is 5.97 Å². The van der Waals surface area contributed by atoms with Crippen molar-refractivity contribution in [2.75, 3.05) is 0 Å². The van der Waals surface area contributed by atoms with E-state index >= 15 is 0 Å². The Bertz CT molecular complexity index is 207. The normalized spacial score (nSPS) is 46.1. The van der Waals surface area contributed by atoms with E-state index in [1.165, 1.54) is 0 Å². The highest BCUT2D eigenvalue weighted by atomic mass is 16.4. The van der Waals surface area contributed by atoms with Crippen LogP contribution in [0.1, 0.15) is 19.3 Å². The van der Waals surface area contributed by atoms with Gasteiger partial charge in [0, 0.05) is 18.1 Å². The highest BCUT2D eigenvalue weighted by molar-refractivity contribution is 5.72. The van der Waals surface area contributed by atoms with Crippen LogP contribution in [0.2, 0.25) is 0 Å². The Labute approximate surface area is 71.1 Å². The Balaban J connectivity index is 2.15. The third-order valence-corrected chi connectivity index (χ3v) is 3.01. The van der Waals surface area contributed by atoms with Crippen molar-refractivity contribution < 1.29 is 9.90 Å². The lowest BCUT2D eigenvalue weighted by Crippen LogP contribution is -2.54. The van der Waals surface area contributed by atoms with Gasteiger partial charge in [0.25, 0.3) is 0 Å². The SMILES string of the molecule is NC1CC2CCC(N2)C1C(=O)O. The van der Waals surface area contributed by atoms with E-state index in [2.05, 4.69) is 5.32 Å². The predicted octanol–water partition coefficient (Wildman–Crippen LogP) is -0.461. The Morgan fingerprint density at radius 1 is 1.50 bits per heavy atom. The second kappa shape index (κ2) is 2.71. The maximum Gasteiger partial charge on any atom is 0.309 e. The van der Waals surface area contributed by atoms with Crippen molar-refractivity contribution in [2.45, 2.75) is 37.4 Å². The van der Waals surface area contributed by atoms with Crippen molar-refractivity contribution in [1.29, 1.82) is 0 Å². The molecule has 0 amide bonds. The van der Waals surface area contributed by atoms with Gasteiger partial charge in [-0.3, -0.25) is 4.79 Å². The topological polar surface area (TPSA) is 75.3 Å². The number of aliphatic carboxylic acids is 1. The van der Waals surface area contributed by atoms with Gasteiger partial charge in [-0.15, -0.1) is 0 Å². The molecule has 0 aromatic carbocycles. The van der Waals surface area contributed by atoms with Gasteiger partial charge < -0.3 is 16.2 Å². The molecule has 12 heavy (non-hydrogen) atoms. The van der Waals surface area contributed by atoms with Crippen LogP contribution in [0.3, 0.4) is 0 Å². The number of piperidine rings is 1. The maximum atomic E-state index is 10.8. The average molecular weight is 170 g/mol. The van der Waals surface area contributed by atoms with E-state index in [1.54, 1.807) is 0 Å². The number of carboxylic acid groups (broad SMARTS) is 1. The monoisotopic (exact) mass is 170 g/mol. The molecule has 0 aliphatic carbocycles. The second-order valence-corrected chi connectivity index (χ2v) is 3.81. The van der Waals surface area contributed by atoms with Crippen molar-refractivity contribution in [1.82, 2.24) is 5.32 Å². The third kappa shape index (κ3) is 1.11. The van der Waals surface area contributed by atoms with E-state index in [1.807, 2.05) is 0 Å². The number of hydrogen-bond donors (Lipinski definition) is 3. The second-order valence-electron chi connectivity index (χ2n) is 3.81. The zero-order valence-corrected chi connectivity index (χ0v) is 6.86. The fourth-order valence-corrected chi connectivity index (χ4v) is 2.45. The largest absolute Gasteiger partial charge is 0.481 e. The molecule has 0 aromatic heterocycles. The predicted molar refractivity (Wildman–Crippen MR) is 43.7 cm³/mol. The molecular formula is C8H14N2O2. The van der Waals surface area contributed by atoms with Crippen LogP contribution in [-0.2, 0) is 4.79 Å². The van der Waals surface area contributed by atoms with Crippen molar-refractivity contribution >= 4 is 5.97 Å². The number of fused-ring (bicyclic) bond motifs is 2. The fourth-order valence-electron chi connectivity index (χ4n) is 2.45. The quantitative estimate of drug-likeness (QED) is 0.497. The molecule has 4 atom stereocenters. The van der Waals surface area contributed by atoms with Crippen molar-refractivity contribution in [3.63, 3.8) is 0 Å². The number of rotatable bonds is 1. The first-order valence-electron chi connectivity index (χ1n) is 4.43. The van der Waals surface area contributed by atoms with Crippen molar-refractivity contribution in [2.24, 2.45) is 11.7 Å². The summed E-state index contributed by atoms with van der Waals surface area (Å²) in [4.78, 5) is 10.8. The summed E-state index contributed by atoms with van der Waals surface area (Å²) in [5.41, 5.74) is 5.78. The Hall–Kier alpha value is -0.610. The summed E-state index contributed by atoms with van der Waals surface area (Å²) in [5, 5.41) is 12.2. The van der Waals surface area contributed by atoms with E-state index in [9.17, 15) is 4.79 Å². The molecule has 2 rings (SSSR count). The minimum Gasteiger partial charge on any atom is -0.481 e. The van der Waals surface area contributed by atoms with Crippen molar-refractivity contribution in [3.8, 4) is 0 Å². The molecule has 0 spiro atoms. The summed E-state index contributed by atoms with van der Waals surface area (Å²) in [5.74, 6) is -1.12. The van der Waals surface area contributed by atoms with Crippen LogP contribution in [0.4, 0.5) is 0 Å². The summed E-state index contributed by atoms with van der Waals surface area (Å²) in [6.07, 6.45) is 2.87. The lowest BCUT2D eigenvalue weighted by Gasteiger charge is -2.32. The van der Waals surface area contributed by atoms with Gasteiger partial charge in [0.2, 0.25) is 0 Å². The van der Waals surface area contributed by atoms with Gasteiger partial charge in [-0.1, -0.05) is 0 Å². The van der Waals surface area contributed by atoms with Crippen LogP contribution in [0.25, 0.3) is 0 Å². The van der Waals surface area contributed by atoms with Crippen LogP contribution in [0.15, 0.2) is 0 Å². The molecule has 4 heteroatoms. The van der Waals surface area contributed by atoms with E-state index in [0.717, 1.165) is 19.3 Å². The minimum atomic E-state index is -0.750. The Morgan fingerprint density at radius 2 is 2.25 bits per heavy atom. The molecule has 4 N–H and O–H groups in total. The van der Waals surface area contributed by atoms with Crippen LogP contribution >= 0.6 is 0 Å². The summed E-state index contributed by atoms with van der Waals surface area (Å²) < 4.78 is 0. The summed E-state index contributed by atoms with van der Waals surface area (Å²) in [6, 6.07) is 0.443. The minimum absolute atomic E-state index is 0.122. The summed E-state index contributed by atoms with van der Waals surface area (Å²) in [7, 11) is 0. The van der Waals surface area contributed by atoms with Crippen LogP contribution < -0.4 is 11.1 Å². The molecule has 2 fully saturated rings. The molecule has 4 unspecified atom stereocenters. The molecule has 2 aliphatic rings. The highest BCUT2D eigenvalue weighted by Gasteiger charge is 2.43. The number of carbonyl (C=O) groups is 1. The smallest absolute Gasteiger partial charge is 0.309 e. The zero-order valence-electron chi connectivity index (χ0n) is 6.86. The zero-order chi connectivity index (χ0) is 8.72. The fraction of sp³-hybridized carbons (Fsp3) is 0.875. The highest BCUT2D eigenvalue weighted by Crippen LogP contribution is 2.30. The van der Waals surface area contributed by atoms with E-state index in [4.69, 9.17) is 10.8 Å². The van der Waals surface area contributed by atoms with Gasteiger partial charge in [0.15, 0.2) is 0 Å². The first-order chi connectivity index (χ1) is 5.68. The van der Waals surface area contributed by atoms with Gasteiger partial charge >= 0.3 is 5.97 Å². The first kappa shape index (κ1) is 8.01. The number of carboxylic acids is 1. The lowest BCUT2D eigenvalue weighted by atomic mass is 9.88. The number of hydrogen-bond acceptors (Lipinski definition) is 3. The average Bonchev–Trinajstić information content (AvgIpc) is 2.31. The number of nitrogens with two attached hydrogens (primary N) is 1. The molecule has 2 bridgehead atoms. The third-order valence-electron chi connectivity index (χ3n) is 3.01. The van der Waals surface area contributed by atoms with Crippen LogP contribution in [0.5, 0.6) is 0 Å². The molecule has 2 aliphatic heterocycles. The molecule has 0 aromatic rings. The van der Waals surface area contributed by atoms with E-state index in [0.29, 0.717) is 6.04 Å².